The summed E-state index contributed by atoms with van der Waals surface area (Å²) in [6, 6.07) is 56.7. The first-order valence-electron chi connectivity index (χ1n) is 17.2. The van der Waals surface area contributed by atoms with Crippen LogP contribution in [0.1, 0.15) is 86.0 Å². The summed E-state index contributed by atoms with van der Waals surface area (Å²) >= 11 is 0. The molecule has 0 aromatic heterocycles. The van der Waals surface area contributed by atoms with Crippen LogP contribution in [-0.4, -0.2) is 8.07 Å². The van der Waals surface area contributed by atoms with Crippen LogP contribution in [-0.2, 0) is 10.8 Å². The van der Waals surface area contributed by atoms with Gasteiger partial charge >= 0.3 is 0 Å². The zero-order valence-electron chi connectivity index (χ0n) is 28.5. The van der Waals surface area contributed by atoms with E-state index < -0.39 is 8.07 Å². The molecular weight excluding hydrogens is 581 g/mol. The molecule has 0 aliphatic heterocycles. The van der Waals surface area contributed by atoms with Crippen LogP contribution in [0.3, 0.4) is 0 Å². The molecule has 8 rings (SSSR count). The molecule has 0 fully saturated rings. The summed E-state index contributed by atoms with van der Waals surface area (Å²) in [7, 11) is -2.81. The predicted octanol–water partition coefficient (Wildman–Crippen LogP) is 10.5. The van der Waals surface area contributed by atoms with Crippen LogP contribution in [0.25, 0.3) is 22.3 Å². The molecular formula is C46H44Si. The zero-order chi connectivity index (χ0) is 32.6. The molecule has 0 N–H and O–H groups in total. The molecule has 0 amide bonds. The Kier molecular flexibility index (Phi) is 6.87. The number of hydrogen-bond donors (Lipinski definition) is 0. The number of benzene rings is 6. The van der Waals surface area contributed by atoms with Crippen molar-refractivity contribution in [3.8, 4) is 22.3 Å². The minimum absolute atomic E-state index is 0.0611. The van der Waals surface area contributed by atoms with Gasteiger partial charge in [-0.05, 0) is 66.5 Å². The van der Waals surface area contributed by atoms with Gasteiger partial charge in [0.25, 0.3) is 0 Å². The van der Waals surface area contributed by atoms with Crippen LogP contribution in [0.4, 0.5) is 0 Å². The maximum atomic E-state index is 2.53. The quantitative estimate of drug-likeness (QED) is 0.171. The van der Waals surface area contributed by atoms with E-state index in [1.54, 1.807) is 0 Å². The highest BCUT2D eigenvalue weighted by atomic mass is 28.3. The highest BCUT2D eigenvalue weighted by Crippen LogP contribution is 2.58. The van der Waals surface area contributed by atoms with Crippen LogP contribution >= 0.6 is 0 Å². The summed E-state index contributed by atoms with van der Waals surface area (Å²) in [5.74, 6) is 0. The maximum Gasteiger partial charge on any atom is 0.141 e. The molecule has 0 nitrogen and oxygen atoms in total. The second-order valence-electron chi connectivity index (χ2n) is 15.7. The van der Waals surface area contributed by atoms with Crippen LogP contribution in [0.5, 0.6) is 0 Å². The molecule has 0 heterocycles. The number of hydrogen-bond acceptors (Lipinski definition) is 0. The molecule has 0 radical (unpaired) electrons. The fourth-order valence-corrected chi connectivity index (χ4v) is 15.2. The molecule has 0 saturated carbocycles. The highest BCUT2D eigenvalue weighted by Gasteiger charge is 2.57. The van der Waals surface area contributed by atoms with E-state index in [1.165, 1.54) is 66.0 Å². The van der Waals surface area contributed by atoms with E-state index in [1.807, 2.05) is 0 Å². The van der Waals surface area contributed by atoms with E-state index >= 15 is 0 Å². The van der Waals surface area contributed by atoms with E-state index in [0.717, 1.165) is 0 Å². The minimum Gasteiger partial charge on any atom is -0.0625 e. The van der Waals surface area contributed by atoms with Crippen molar-refractivity contribution in [2.45, 2.75) is 63.5 Å². The monoisotopic (exact) mass is 624 g/mol. The standard InChI is InChI=1S/C46H44Si/c1-45(2,3)31-25-27-39-41(29-31)42-30-32(46(4,5)6)26-28-40(42)44(39)47(33-17-9-7-10-18-33,34-19-11-8-12-20-34)43-37-23-15-13-21-35(37)36-22-14-16-24-38(36)43/h7-30,43-44H,1-6H3. The molecule has 6 aromatic carbocycles. The van der Waals surface area contributed by atoms with Crippen molar-refractivity contribution in [3.63, 3.8) is 0 Å². The van der Waals surface area contributed by atoms with Gasteiger partial charge < -0.3 is 0 Å². The van der Waals surface area contributed by atoms with E-state index in [-0.39, 0.29) is 21.9 Å². The number of rotatable bonds is 4. The number of fused-ring (bicyclic) bond motifs is 6. The Morgan fingerprint density at radius 1 is 0.362 bits per heavy atom. The SMILES string of the molecule is CC(C)(C)c1ccc2c(c1)-c1cc(C(C)(C)C)ccc1C2[Si](c1ccccc1)(c1ccccc1)C1c2ccccc2-c2ccccc21. The molecule has 47 heavy (non-hydrogen) atoms. The molecule has 0 atom stereocenters. The van der Waals surface area contributed by atoms with Gasteiger partial charge in [0.1, 0.15) is 8.07 Å². The van der Waals surface area contributed by atoms with Crippen LogP contribution in [0.2, 0.25) is 0 Å². The van der Waals surface area contributed by atoms with E-state index in [0.29, 0.717) is 0 Å². The molecule has 232 valence electrons. The van der Waals surface area contributed by atoms with Crippen molar-refractivity contribution < 1.29 is 0 Å². The highest BCUT2D eigenvalue weighted by molar-refractivity contribution is 7.05. The lowest BCUT2D eigenvalue weighted by molar-refractivity contribution is 0.589. The normalized spacial score (nSPS) is 14.4. The Hall–Kier alpha value is -4.46. The van der Waals surface area contributed by atoms with Gasteiger partial charge in [0.05, 0.1) is 0 Å². The molecule has 0 bridgehead atoms. The predicted molar refractivity (Wildman–Crippen MR) is 203 cm³/mol. The summed E-state index contributed by atoms with van der Waals surface area (Å²) in [5, 5.41) is 2.98. The van der Waals surface area contributed by atoms with Gasteiger partial charge in [-0.25, -0.2) is 0 Å². The second kappa shape index (κ2) is 10.8. The van der Waals surface area contributed by atoms with Crippen LogP contribution in [0.15, 0.2) is 146 Å². The molecule has 0 saturated heterocycles. The fraction of sp³-hybridized carbons (Fsp3) is 0.217. The van der Waals surface area contributed by atoms with E-state index in [2.05, 4.69) is 187 Å². The first-order valence-corrected chi connectivity index (χ1v) is 19.3. The minimum atomic E-state index is -2.81. The topological polar surface area (TPSA) is 0 Å². The third-order valence-electron chi connectivity index (χ3n) is 11.0. The van der Waals surface area contributed by atoms with Crippen molar-refractivity contribution in [2.75, 3.05) is 0 Å². The van der Waals surface area contributed by atoms with Crippen molar-refractivity contribution in [1.29, 1.82) is 0 Å². The van der Waals surface area contributed by atoms with Crippen molar-refractivity contribution in [2.24, 2.45) is 0 Å². The van der Waals surface area contributed by atoms with Gasteiger partial charge in [0.15, 0.2) is 0 Å². The van der Waals surface area contributed by atoms with Gasteiger partial charge in [0, 0.05) is 11.1 Å². The maximum absolute atomic E-state index is 2.81. The summed E-state index contributed by atoms with van der Waals surface area (Å²) in [5.41, 5.74) is 14.9. The van der Waals surface area contributed by atoms with Gasteiger partial charge in [-0.15, -0.1) is 0 Å². The molecule has 0 spiro atoms. The molecule has 0 unspecified atom stereocenters. The third-order valence-corrected chi connectivity index (χ3v) is 16.6. The van der Waals surface area contributed by atoms with Crippen LogP contribution < -0.4 is 10.4 Å². The summed E-state index contributed by atoms with van der Waals surface area (Å²) < 4.78 is 0. The summed E-state index contributed by atoms with van der Waals surface area (Å²) in [6.45, 7) is 14.0. The third kappa shape index (κ3) is 4.54. The summed E-state index contributed by atoms with van der Waals surface area (Å²) in [4.78, 5) is 0. The Bertz CT molecular complexity index is 1960. The lowest BCUT2D eigenvalue weighted by Crippen LogP contribution is -2.66. The molecule has 2 aliphatic carbocycles. The Morgan fingerprint density at radius 2 is 0.702 bits per heavy atom. The van der Waals surface area contributed by atoms with Crippen molar-refractivity contribution in [1.82, 2.24) is 0 Å². The first-order chi connectivity index (χ1) is 22.6. The smallest absolute Gasteiger partial charge is 0.0625 e. The fourth-order valence-electron chi connectivity index (χ4n) is 8.75. The van der Waals surface area contributed by atoms with E-state index in [4.69, 9.17) is 0 Å². The summed E-state index contributed by atoms with van der Waals surface area (Å²) in [6.07, 6.45) is 0. The zero-order valence-corrected chi connectivity index (χ0v) is 29.5. The Balaban J connectivity index is 1.55. The first kappa shape index (κ1) is 29.9. The van der Waals surface area contributed by atoms with Crippen LogP contribution in [0, 0.1) is 0 Å². The van der Waals surface area contributed by atoms with Gasteiger partial charge in [-0.3, -0.25) is 0 Å². The average molecular weight is 625 g/mol. The van der Waals surface area contributed by atoms with E-state index in [9.17, 15) is 0 Å². The van der Waals surface area contributed by atoms with Gasteiger partial charge in [0.2, 0.25) is 0 Å². The Labute approximate surface area is 282 Å². The average Bonchev–Trinajstić information content (AvgIpc) is 3.59. The molecule has 1 heteroatoms. The largest absolute Gasteiger partial charge is 0.141 e. The molecule has 2 aliphatic rings. The second-order valence-corrected chi connectivity index (χ2v) is 19.8. The molecule has 6 aromatic rings. The lowest BCUT2D eigenvalue weighted by Gasteiger charge is -2.45. The Morgan fingerprint density at radius 3 is 1.09 bits per heavy atom. The van der Waals surface area contributed by atoms with Crippen molar-refractivity contribution >= 4 is 18.4 Å². The van der Waals surface area contributed by atoms with Gasteiger partial charge in [-0.1, -0.05) is 198 Å². The lowest BCUT2D eigenvalue weighted by atomic mass is 9.83. The van der Waals surface area contributed by atoms with Gasteiger partial charge in [-0.2, -0.15) is 0 Å². The van der Waals surface area contributed by atoms with Crippen molar-refractivity contribution in [3.05, 3.63) is 179 Å².